The molecule has 3 heterocycles. The molecule has 0 atom stereocenters. The van der Waals surface area contributed by atoms with E-state index in [1.807, 2.05) is 11.4 Å². The number of benzene rings is 2. The third kappa shape index (κ3) is 3.31. The number of thiophene rings is 1. The first-order chi connectivity index (χ1) is 15.5. The third-order valence-corrected chi connectivity index (χ3v) is 7.42. The molecule has 0 saturated carbocycles. The zero-order valence-corrected chi connectivity index (χ0v) is 18.6. The molecule has 9 nitrogen and oxygen atoms in total. The summed E-state index contributed by atoms with van der Waals surface area (Å²) in [5, 5.41) is 13.0. The predicted octanol–water partition coefficient (Wildman–Crippen LogP) is 3.93. The lowest BCUT2D eigenvalue weighted by atomic mass is 10.2. The van der Waals surface area contributed by atoms with Crippen LogP contribution in [0.5, 0.6) is 11.5 Å². The molecule has 0 radical (unpaired) electrons. The van der Waals surface area contributed by atoms with E-state index in [-0.39, 0.29) is 15.6 Å². The first kappa shape index (κ1) is 20.2. The van der Waals surface area contributed by atoms with Gasteiger partial charge in [0.05, 0.1) is 29.3 Å². The summed E-state index contributed by atoms with van der Waals surface area (Å²) in [4.78, 5) is 4.74. The van der Waals surface area contributed by atoms with Gasteiger partial charge in [0.15, 0.2) is 11.5 Å². The standard InChI is InChI=1S/C21H17N5O4S2/c1-29-14-10-13(11-15(12-14)30-2)22-19-18-17(8-9-31-18)26-20(23-19)21(24-25-26)32(27,28)16-6-4-3-5-7-16/h3-12H,1-2H3,(H,22,23). The van der Waals surface area contributed by atoms with Gasteiger partial charge in [-0.25, -0.2) is 13.4 Å². The second-order valence-electron chi connectivity index (χ2n) is 6.77. The van der Waals surface area contributed by atoms with Crippen LogP contribution in [0.3, 0.4) is 0 Å². The summed E-state index contributed by atoms with van der Waals surface area (Å²) >= 11 is 1.46. The molecule has 3 aromatic heterocycles. The molecule has 0 fully saturated rings. The average Bonchev–Trinajstić information content (AvgIpc) is 3.47. The monoisotopic (exact) mass is 467 g/mol. The number of aromatic nitrogens is 4. The highest BCUT2D eigenvalue weighted by atomic mass is 32.2. The minimum Gasteiger partial charge on any atom is -0.497 e. The summed E-state index contributed by atoms with van der Waals surface area (Å²) in [5.41, 5.74) is 1.50. The number of nitrogens with zero attached hydrogens (tertiary/aromatic N) is 4. The van der Waals surface area contributed by atoms with Crippen molar-refractivity contribution in [2.45, 2.75) is 9.92 Å². The molecule has 162 valence electrons. The Morgan fingerprint density at radius 2 is 1.72 bits per heavy atom. The molecule has 11 heteroatoms. The zero-order valence-electron chi connectivity index (χ0n) is 17.0. The number of hydrogen-bond acceptors (Lipinski definition) is 9. The highest BCUT2D eigenvalue weighted by molar-refractivity contribution is 7.91. The normalized spacial score (nSPS) is 11.7. The van der Waals surface area contributed by atoms with Crippen molar-refractivity contribution < 1.29 is 17.9 Å². The minimum atomic E-state index is -3.91. The lowest BCUT2D eigenvalue weighted by Crippen LogP contribution is -2.05. The van der Waals surface area contributed by atoms with Crippen LogP contribution in [0.4, 0.5) is 11.5 Å². The first-order valence-corrected chi connectivity index (χ1v) is 11.8. The molecule has 0 spiro atoms. The van der Waals surface area contributed by atoms with Crippen LogP contribution in [0.25, 0.3) is 15.9 Å². The second-order valence-corrected chi connectivity index (χ2v) is 9.55. The lowest BCUT2D eigenvalue weighted by molar-refractivity contribution is 0.395. The number of methoxy groups -OCH3 is 2. The molecule has 5 rings (SSSR count). The Balaban J connectivity index is 1.69. The molecule has 1 N–H and O–H groups in total. The van der Waals surface area contributed by atoms with Crippen molar-refractivity contribution in [2.24, 2.45) is 0 Å². The molecule has 2 aromatic carbocycles. The van der Waals surface area contributed by atoms with Crippen molar-refractivity contribution in [3.63, 3.8) is 0 Å². The number of ether oxygens (including phenoxy) is 2. The topological polar surface area (TPSA) is 108 Å². The van der Waals surface area contributed by atoms with Crippen LogP contribution in [0.1, 0.15) is 0 Å². The number of fused-ring (bicyclic) bond motifs is 3. The van der Waals surface area contributed by atoms with Gasteiger partial charge in [-0.2, -0.15) is 4.52 Å². The third-order valence-electron chi connectivity index (χ3n) is 4.84. The van der Waals surface area contributed by atoms with Gasteiger partial charge in [0.2, 0.25) is 14.9 Å². The van der Waals surface area contributed by atoms with Gasteiger partial charge >= 0.3 is 0 Å². The van der Waals surface area contributed by atoms with Gasteiger partial charge in [-0.3, -0.25) is 0 Å². The van der Waals surface area contributed by atoms with Crippen molar-refractivity contribution in [1.82, 2.24) is 19.8 Å². The van der Waals surface area contributed by atoms with Crippen molar-refractivity contribution in [3.8, 4) is 11.5 Å². The van der Waals surface area contributed by atoms with Crippen molar-refractivity contribution >= 4 is 48.5 Å². The minimum absolute atomic E-state index is 0.127. The van der Waals surface area contributed by atoms with E-state index in [9.17, 15) is 8.42 Å². The second kappa shape index (κ2) is 7.77. The average molecular weight is 468 g/mol. The Hall–Kier alpha value is -3.70. The van der Waals surface area contributed by atoms with Gasteiger partial charge < -0.3 is 14.8 Å². The number of nitrogens with one attached hydrogen (secondary N) is 1. The molecular formula is C21H17N5O4S2. The number of sulfone groups is 1. The largest absolute Gasteiger partial charge is 0.497 e. The van der Waals surface area contributed by atoms with Crippen LogP contribution < -0.4 is 14.8 Å². The molecule has 0 bridgehead atoms. The Bertz CT molecular complexity index is 1520. The molecule has 5 aromatic rings. The van der Waals surface area contributed by atoms with E-state index in [1.54, 1.807) is 50.6 Å². The molecule has 0 aliphatic carbocycles. The van der Waals surface area contributed by atoms with E-state index in [4.69, 9.17) is 9.47 Å². The molecule has 0 aliphatic rings. The molecule has 0 saturated heterocycles. The van der Waals surface area contributed by atoms with E-state index in [1.165, 1.54) is 28.0 Å². The van der Waals surface area contributed by atoms with Crippen molar-refractivity contribution in [2.75, 3.05) is 19.5 Å². The van der Waals surface area contributed by atoms with Crippen molar-refractivity contribution in [3.05, 3.63) is 60.0 Å². The summed E-state index contributed by atoms with van der Waals surface area (Å²) in [5.74, 6) is 1.69. The predicted molar refractivity (Wildman–Crippen MR) is 121 cm³/mol. The molecule has 0 aliphatic heterocycles. The Morgan fingerprint density at radius 1 is 1.00 bits per heavy atom. The van der Waals surface area contributed by atoms with Crippen LogP contribution in [0, 0.1) is 0 Å². The van der Waals surface area contributed by atoms with Gasteiger partial charge in [0, 0.05) is 23.9 Å². The number of rotatable bonds is 6. The van der Waals surface area contributed by atoms with E-state index in [2.05, 4.69) is 20.6 Å². The van der Waals surface area contributed by atoms with Gasteiger partial charge in [-0.1, -0.05) is 23.4 Å². The van der Waals surface area contributed by atoms with Crippen LogP contribution in [0.15, 0.2) is 69.9 Å². The lowest BCUT2D eigenvalue weighted by Gasteiger charge is -2.11. The molecular weight excluding hydrogens is 450 g/mol. The fourth-order valence-corrected chi connectivity index (χ4v) is 5.38. The van der Waals surface area contributed by atoms with E-state index >= 15 is 0 Å². The summed E-state index contributed by atoms with van der Waals surface area (Å²) in [6.45, 7) is 0. The number of anilines is 2. The Labute approximate surface area is 187 Å². The SMILES string of the molecule is COc1cc(Nc2nc3c(S(=O)(=O)c4ccccc4)nnn3c3ccsc23)cc(OC)c1. The molecule has 32 heavy (non-hydrogen) atoms. The maximum atomic E-state index is 13.2. The van der Waals surface area contributed by atoms with Crippen LogP contribution >= 0.6 is 11.3 Å². The smallest absolute Gasteiger partial charge is 0.229 e. The van der Waals surface area contributed by atoms with E-state index in [0.717, 1.165) is 4.70 Å². The highest BCUT2D eigenvalue weighted by Gasteiger charge is 2.27. The van der Waals surface area contributed by atoms with Gasteiger partial charge in [-0.05, 0) is 23.6 Å². The van der Waals surface area contributed by atoms with Gasteiger partial charge in [0.1, 0.15) is 11.5 Å². The van der Waals surface area contributed by atoms with Gasteiger partial charge in [0.25, 0.3) is 0 Å². The van der Waals surface area contributed by atoms with E-state index < -0.39 is 9.84 Å². The van der Waals surface area contributed by atoms with Gasteiger partial charge in [-0.15, -0.1) is 16.4 Å². The fourth-order valence-electron chi connectivity index (χ4n) is 3.31. The maximum Gasteiger partial charge on any atom is 0.229 e. The molecule has 0 unspecified atom stereocenters. The summed E-state index contributed by atoms with van der Waals surface area (Å²) in [7, 11) is -0.769. The zero-order chi connectivity index (χ0) is 22.3. The fraction of sp³-hybridized carbons (Fsp3) is 0.0952. The van der Waals surface area contributed by atoms with Crippen LogP contribution in [-0.2, 0) is 9.84 Å². The van der Waals surface area contributed by atoms with Crippen LogP contribution in [0.2, 0.25) is 0 Å². The summed E-state index contributed by atoms with van der Waals surface area (Å²) in [6, 6.07) is 15.3. The number of hydrogen-bond donors (Lipinski definition) is 1. The Morgan fingerprint density at radius 3 is 2.41 bits per heavy atom. The van der Waals surface area contributed by atoms with E-state index in [0.29, 0.717) is 28.5 Å². The Kier molecular flexibility index (Phi) is 4.91. The van der Waals surface area contributed by atoms with Crippen LogP contribution in [-0.4, -0.2) is 42.4 Å². The quantitative estimate of drug-likeness (QED) is 0.400. The molecule has 0 amide bonds. The highest BCUT2D eigenvalue weighted by Crippen LogP contribution is 2.34. The van der Waals surface area contributed by atoms with Crippen molar-refractivity contribution in [1.29, 1.82) is 0 Å². The first-order valence-electron chi connectivity index (χ1n) is 9.44. The maximum absolute atomic E-state index is 13.2. The summed E-state index contributed by atoms with van der Waals surface area (Å²) in [6.07, 6.45) is 0. The summed E-state index contributed by atoms with van der Waals surface area (Å²) < 4.78 is 39.3.